The quantitative estimate of drug-likeness (QED) is 0.304. The van der Waals surface area contributed by atoms with Crippen LogP contribution in [-0.2, 0) is 0 Å². The molecule has 0 spiro atoms. The van der Waals surface area contributed by atoms with E-state index in [2.05, 4.69) is 12.3 Å². The van der Waals surface area contributed by atoms with Crippen molar-refractivity contribution in [1.29, 1.82) is 0 Å². The molecule has 3 nitrogen and oxygen atoms in total. The van der Waals surface area contributed by atoms with E-state index in [4.69, 9.17) is 10.0 Å². The highest BCUT2D eigenvalue weighted by atomic mass is 19.1. The van der Waals surface area contributed by atoms with E-state index < -0.39 is 13.1 Å². The maximum absolute atomic E-state index is 12.2. The van der Waals surface area contributed by atoms with Gasteiger partial charge in [0.1, 0.15) is 0 Å². The monoisotopic (exact) mass is 157 g/mol. The van der Waals surface area contributed by atoms with Crippen molar-refractivity contribution in [3.05, 3.63) is 36.2 Å². The Hall–Kier alpha value is -1.07. The van der Waals surface area contributed by atoms with Crippen molar-refractivity contribution in [2.24, 2.45) is 5.73 Å². The summed E-state index contributed by atoms with van der Waals surface area (Å²) in [7, 11) is -1.89. The van der Waals surface area contributed by atoms with E-state index in [0.29, 0.717) is 0 Å². The molecule has 0 aliphatic rings. The van der Waals surface area contributed by atoms with E-state index in [1.54, 1.807) is 0 Å². The minimum Gasteiger partial charge on any atom is -0.423 e. The van der Waals surface area contributed by atoms with Crippen LogP contribution in [0.3, 0.4) is 0 Å². The van der Waals surface area contributed by atoms with Crippen molar-refractivity contribution in [2.45, 2.75) is 0 Å². The maximum atomic E-state index is 12.2. The lowest BCUT2D eigenvalue weighted by Gasteiger charge is -1.97. The fraction of sp³-hybridized carbons (Fsp3) is 0. The fourth-order valence-corrected chi connectivity index (χ4v) is 0.461. The van der Waals surface area contributed by atoms with Gasteiger partial charge in [0.05, 0.1) is 0 Å². The maximum Gasteiger partial charge on any atom is 0.493 e. The molecule has 0 aliphatic heterocycles. The summed E-state index contributed by atoms with van der Waals surface area (Å²) in [4.78, 5) is 0. The number of halogens is 1. The van der Waals surface area contributed by atoms with Gasteiger partial charge < -0.3 is 15.8 Å². The van der Waals surface area contributed by atoms with E-state index in [0.717, 1.165) is 6.08 Å². The van der Waals surface area contributed by atoms with Crippen LogP contribution in [0.15, 0.2) is 36.2 Å². The summed E-state index contributed by atoms with van der Waals surface area (Å²) < 4.78 is 12.2. The van der Waals surface area contributed by atoms with Crippen LogP contribution in [0.25, 0.3) is 0 Å². The molecular formula is C6H9BFNO2. The van der Waals surface area contributed by atoms with Crippen LogP contribution in [0, 0.1) is 0 Å². The Kier molecular flexibility index (Phi) is 4.25. The molecular weight excluding hydrogens is 148 g/mol. The molecule has 0 bridgehead atoms. The molecule has 0 aromatic rings. The van der Waals surface area contributed by atoms with Gasteiger partial charge in [0.2, 0.25) is 0 Å². The molecule has 0 saturated heterocycles. The zero-order valence-electron chi connectivity index (χ0n) is 5.87. The van der Waals surface area contributed by atoms with Crippen molar-refractivity contribution in [1.82, 2.24) is 0 Å². The van der Waals surface area contributed by atoms with E-state index in [1.165, 1.54) is 12.2 Å². The van der Waals surface area contributed by atoms with Crippen molar-refractivity contribution in [3.8, 4) is 0 Å². The largest absolute Gasteiger partial charge is 0.493 e. The van der Waals surface area contributed by atoms with Crippen LogP contribution >= 0.6 is 0 Å². The molecule has 5 heteroatoms. The first kappa shape index (κ1) is 9.93. The molecule has 0 aromatic heterocycles. The summed E-state index contributed by atoms with van der Waals surface area (Å²) in [6.07, 6.45) is 3.85. The Morgan fingerprint density at radius 2 is 2.09 bits per heavy atom. The summed E-state index contributed by atoms with van der Waals surface area (Å²) >= 11 is 0. The van der Waals surface area contributed by atoms with Crippen LogP contribution in [0.1, 0.15) is 0 Å². The zero-order valence-corrected chi connectivity index (χ0v) is 5.87. The van der Waals surface area contributed by atoms with Gasteiger partial charge in [-0.05, 0) is 0 Å². The van der Waals surface area contributed by atoms with Gasteiger partial charge in [-0.1, -0.05) is 24.8 Å². The summed E-state index contributed by atoms with van der Waals surface area (Å²) in [5, 5.41) is 17.0. The standard InChI is InChI=1S/C6H9BFNO2/c1-2-3-4-5(6(8)9)7(10)11/h2-4,10-11H,1,9H2/b4-3-,6-5+. The van der Waals surface area contributed by atoms with Gasteiger partial charge in [-0.25, -0.2) is 0 Å². The van der Waals surface area contributed by atoms with Crippen LogP contribution in [0.4, 0.5) is 4.39 Å². The number of hydrogen-bond donors (Lipinski definition) is 3. The number of nitrogens with two attached hydrogens (primary N) is 1. The normalized spacial score (nSPS) is 13.0. The first-order valence-electron chi connectivity index (χ1n) is 2.90. The molecule has 0 aromatic carbocycles. The van der Waals surface area contributed by atoms with Gasteiger partial charge in [-0.3, -0.25) is 0 Å². The van der Waals surface area contributed by atoms with E-state index in [9.17, 15) is 4.39 Å². The third-order valence-electron chi connectivity index (χ3n) is 0.966. The lowest BCUT2D eigenvalue weighted by molar-refractivity contribution is 0.417. The molecule has 0 saturated carbocycles. The summed E-state index contributed by atoms with van der Waals surface area (Å²) in [5.41, 5.74) is 4.32. The highest BCUT2D eigenvalue weighted by molar-refractivity contribution is 6.51. The number of allylic oxidation sites excluding steroid dienone is 4. The molecule has 0 rings (SSSR count). The fourth-order valence-electron chi connectivity index (χ4n) is 0.461. The van der Waals surface area contributed by atoms with E-state index in [-0.39, 0.29) is 5.47 Å². The first-order chi connectivity index (χ1) is 5.09. The highest BCUT2D eigenvalue weighted by Crippen LogP contribution is 2.03. The Labute approximate surface area is 64.5 Å². The third-order valence-corrected chi connectivity index (χ3v) is 0.966. The minimum atomic E-state index is -1.89. The van der Waals surface area contributed by atoms with Gasteiger partial charge in [0.15, 0.2) is 5.95 Å². The van der Waals surface area contributed by atoms with Crippen molar-refractivity contribution in [3.63, 3.8) is 0 Å². The Balaban J connectivity index is 4.50. The second kappa shape index (κ2) is 4.70. The molecule has 0 heterocycles. The summed E-state index contributed by atoms with van der Waals surface area (Å²) in [6, 6.07) is 0. The SMILES string of the molecule is C=C/C=C\C(B(O)O)=C(/N)F. The van der Waals surface area contributed by atoms with Gasteiger partial charge >= 0.3 is 7.12 Å². The average Bonchev–Trinajstić information content (AvgIpc) is 1.87. The van der Waals surface area contributed by atoms with E-state index in [1.807, 2.05) is 0 Å². The number of rotatable bonds is 3. The minimum absolute atomic E-state index is 0.370. The lowest BCUT2D eigenvalue weighted by Crippen LogP contribution is -2.17. The molecule has 0 radical (unpaired) electrons. The first-order valence-corrected chi connectivity index (χ1v) is 2.90. The van der Waals surface area contributed by atoms with Crippen molar-refractivity contribution in [2.75, 3.05) is 0 Å². The predicted molar refractivity (Wildman–Crippen MR) is 41.9 cm³/mol. The Morgan fingerprint density at radius 1 is 1.55 bits per heavy atom. The predicted octanol–water partition coefficient (Wildman–Crippen LogP) is -0.120. The summed E-state index contributed by atoms with van der Waals surface area (Å²) in [5.74, 6) is -1.11. The highest BCUT2D eigenvalue weighted by Gasteiger charge is 2.15. The Bertz CT molecular complexity index is 197. The molecule has 11 heavy (non-hydrogen) atoms. The van der Waals surface area contributed by atoms with Gasteiger partial charge in [0, 0.05) is 5.47 Å². The van der Waals surface area contributed by atoms with E-state index >= 15 is 0 Å². The van der Waals surface area contributed by atoms with Crippen molar-refractivity contribution >= 4 is 7.12 Å². The van der Waals surface area contributed by atoms with Gasteiger partial charge in [-0.15, -0.1) is 0 Å². The second-order valence-corrected chi connectivity index (χ2v) is 1.77. The molecule has 0 amide bonds. The summed E-state index contributed by atoms with van der Waals surface area (Å²) in [6.45, 7) is 3.32. The topological polar surface area (TPSA) is 66.5 Å². The zero-order chi connectivity index (χ0) is 8.85. The molecule has 4 N–H and O–H groups in total. The average molecular weight is 157 g/mol. The molecule has 0 aliphatic carbocycles. The number of hydrogen-bond acceptors (Lipinski definition) is 3. The van der Waals surface area contributed by atoms with Gasteiger partial charge in [-0.2, -0.15) is 4.39 Å². The lowest BCUT2D eigenvalue weighted by atomic mass is 9.79. The molecule has 60 valence electrons. The van der Waals surface area contributed by atoms with Crippen LogP contribution < -0.4 is 5.73 Å². The van der Waals surface area contributed by atoms with Crippen LogP contribution in [0.2, 0.25) is 0 Å². The van der Waals surface area contributed by atoms with Gasteiger partial charge in [0.25, 0.3) is 0 Å². The second-order valence-electron chi connectivity index (χ2n) is 1.77. The van der Waals surface area contributed by atoms with Crippen LogP contribution in [0.5, 0.6) is 0 Å². The Morgan fingerprint density at radius 3 is 2.36 bits per heavy atom. The smallest absolute Gasteiger partial charge is 0.423 e. The molecule has 0 atom stereocenters. The van der Waals surface area contributed by atoms with Crippen molar-refractivity contribution < 1.29 is 14.4 Å². The third kappa shape index (κ3) is 3.59. The van der Waals surface area contributed by atoms with Crippen LogP contribution in [-0.4, -0.2) is 17.2 Å². The molecule has 0 fully saturated rings. The molecule has 0 unspecified atom stereocenters.